The quantitative estimate of drug-likeness (QED) is 0.837. The van der Waals surface area contributed by atoms with E-state index in [4.69, 9.17) is 12.2 Å². The molecule has 6 heteroatoms. The molecule has 0 spiro atoms. The van der Waals surface area contributed by atoms with Crippen LogP contribution in [0.1, 0.15) is 13.3 Å². The number of benzene rings is 1. The molecule has 1 atom stereocenters. The number of para-hydroxylation sites is 1. The van der Waals surface area contributed by atoms with Crippen molar-refractivity contribution in [2.45, 2.75) is 23.0 Å². The van der Waals surface area contributed by atoms with Gasteiger partial charge in [-0.05, 0) is 37.7 Å². The Labute approximate surface area is 122 Å². The zero-order valence-electron chi connectivity index (χ0n) is 10.9. The Hall–Kier alpha value is -1.66. The van der Waals surface area contributed by atoms with Gasteiger partial charge in [-0.3, -0.25) is 0 Å². The average Bonchev–Trinajstić information content (AvgIpc) is 2.79. The third kappa shape index (κ3) is 1.87. The normalized spacial score (nSPS) is 22.4. The van der Waals surface area contributed by atoms with Crippen molar-refractivity contribution in [1.82, 2.24) is 9.97 Å². The summed E-state index contributed by atoms with van der Waals surface area (Å²) in [5, 5.41) is 0. The molecular weight excluding hydrogens is 292 g/mol. The Morgan fingerprint density at radius 3 is 2.75 bits per heavy atom. The number of aromatic amines is 2. The summed E-state index contributed by atoms with van der Waals surface area (Å²) in [5.41, 5.74) is 1.25. The fraction of sp³-hybridized carbons (Fsp3) is 0.214. The van der Waals surface area contributed by atoms with E-state index >= 15 is 0 Å². The zero-order chi connectivity index (χ0) is 14.4. The van der Waals surface area contributed by atoms with Crippen LogP contribution in [-0.2, 0) is 9.84 Å². The van der Waals surface area contributed by atoms with Gasteiger partial charge in [-0.15, -0.1) is 0 Å². The largest absolute Gasteiger partial charge is 0.331 e. The molecule has 1 unspecified atom stereocenters. The number of H-pyrrole nitrogens is 2. The first-order valence-corrected chi connectivity index (χ1v) is 8.13. The molecule has 0 bridgehead atoms. The van der Waals surface area contributed by atoms with Crippen LogP contribution < -0.4 is 0 Å². The van der Waals surface area contributed by atoms with Crippen molar-refractivity contribution in [3.05, 3.63) is 47.3 Å². The lowest BCUT2D eigenvalue weighted by atomic mass is 10.0. The number of rotatable bonds is 2. The minimum Gasteiger partial charge on any atom is -0.331 e. The second-order valence-electron chi connectivity index (χ2n) is 5.07. The first-order valence-electron chi connectivity index (χ1n) is 6.24. The van der Waals surface area contributed by atoms with E-state index in [-0.39, 0.29) is 4.90 Å². The van der Waals surface area contributed by atoms with Crippen LogP contribution in [0.2, 0.25) is 0 Å². The predicted octanol–water partition coefficient (Wildman–Crippen LogP) is 3.27. The van der Waals surface area contributed by atoms with E-state index in [9.17, 15) is 8.42 Å². The number of hydrogen-bond donors (Lipinski definition) is 2. The van der Waals surface area contributed by atoms with Crippen LogP contribution in [0.5, 0.6) is 0 Å². The summed E-state index contributed by atoms with van der Waals surface area (Å²) in [6.07, 6.45) is 7.72. The lowest BCUT2D eigenvalue weighted by molar-refractivity contribution is 0.563. The molecule has 0 saturated carbocycles. The number of imidazole rings is 1. The lowest BCUT2D eigenvalue weighted by Crippen LogP contribution is -2.33. The van der Waals surface area contributed by atoms with Gasteiger partial charge in [0.25, 0.3) is 0 Å². The number of aromatic nitrogens is 2. The Kier molecular flexibility index (Phi) is 2.95. The molecule has 2 aromatic rings. The van der Waals surface area contributed by atoms with E-state index in [1.165, 1.54) is 0 Å². The lowest BCUT2D eigenvalue weighted by Gasteiger charge is -2.26. The molecule has 3 rings (SSSR count). The van der Waals surface area contributed by atoms with Crippen molar-refractivity contribution in [1.29, 1.82) is 0 Å². The van der Waals surface area contributed by atoms with Crippen LogP contribution in [-0.4, -0.2) is 23.1 Å². The van der Waals surface area contributed by atoms with Gasteiger partial charge in [0.15, 0.2) is 14.6 Å². The smallest absolute Gasteiger partial charge is 0.189 e. The van der Waals surface area contributed by atoms with Crippen molar-refractivity contribution in [2.75, 3.05) is 0 Å². The number of hydrogen-bond acceptors (Lipinski definition) is 3. The van der Waals surface area contributed by atoms with Gasteiger partial charge in [0.2, 0.25) is 0 Å². The third-order valence-corrected chi connectivity index (χ3v) is 6.29. The van der Waals surface area contributed by atoms with Crippen molar-refractivity contribution in [3.8, 4) is 0 Å². The summed E-state index contributed by atoms with van der Waals surface area (Å²) in [4.78, 5) is 6.16. The molecule has 1 aliphatic rings. The fourth-order valence-electron chi connectivity index (χ4n) is 2.41. The molecule has 0 radical (unpaired) electrons. The molecule has 1 aromatic heterocycles. The molecule has 0 amide bonds. The summed E-state index contributed by atoms with van der Waals surface area (Å²) in [7, 11) is -3.51. The summed E-state index contributed by atoms with van der Waals surface area (Å²) in [6.45, 7) is 1.74. The number of nitrogens with one attached hydrogen (secondary N) is 2. The van der Waals surface area contributed by atoms with Crippen LogP contribution in [0.3, 0.4) is 0 Å². The molecule has 1 aromatic carbocycles. The van der Waals surface area contributed by atoms with Crippen LogP contribution in [0.25, 0.3) is 11.0 Å². The Balaban J connectivity index is 2.27. The van der Waals surface area contributed by atoms with Crippen LogP contribution >= 0.6 is 12.2 Å². The maximum Gasteiger partial charge on any atom is 0.189 e. The standard InChI is InChI=1S/C14H14N2O2S2/c1-14(8-3-2-4-9-14)20(17,18)11-7-5-6-10-12(11)16-13(19)15-10/h2-8H,9H2,1H3,(H2,15,16,19). The van der Waals surface area contributed by atoms with E-state index in [1.807, 2.05) is 12.2 Å². The molecule has 0 saturated heterocycles. The maximum atomic E-state index is 13.0. The zero-order valence-corrected chi connectivity index (χ0v) is 12.5. The highest BCUT2D eigenvalue weighted by molar-refractivity contribution is 7.93. The summed E-state index contributed by atoms with van der Waals surface area (Å²) < 4.78 is 25.5. The Morgan fingerprint density at radius 2 is 2.05 bits per heavy atom. The number of fused-ring (bicyclic) bond motifs is 1. The second-order valence-corrected chi connectivity index (χ2v) is 7.85. The topological polar surface area (TPSA) is 65.7 Å². The molecule has 4 nitrogen and oxygen atoms in total. The van der Waals surface area contributed by atoms with Gasteiger partial charge < -0.3 is 9.97 Å². The predicted molar refractivity (Wildman–Crippen MR) is 82.0 cm³/mol. The van der Waals surface area contributed by atoms with E-state index in [0.717, 1.165) is 0 Å². The van der Waals surface area contributed by atoms with Crippen LogP contribution in [0.4, 0.5) is 0 Å². The summed E-state index contributed by atoms with van der Waals surface area (Å²) in [5.74, 6) is 0. The average molecular weight is 306 g/mol. The van der Waals surface area contributed by atoms with Crippen molar-refractivity contribution < 1.29 is 8.42 Å². The van der Waals surface area contributed by atoms with Crippen molar-refractivity contribution >= 4 is 33.1 Å². The first-order chi connectivity index (χ1) is 9.44. The van der Waals surface area contributed by atoms with Gasteiger partial charge in [0, 0.05) is 0 Å². The minimum absolute atomic E-state index is 0.282. The van der Waals surface area contributed by atoms with Gasteiger partial charge in [0.05, 0.1) is 20.7 Å². The first kappa shape index (κ1) is 13.3. The van der Waals surface area contributed by atoms with Crippen molar-refractivity contribution in [3.63, 3.8) is 0 Å². The summed E-state index contributed by atoms with van der Waals surface area (Å²) >= 11 is 5.05. The van der Waals surface area contributed by atoms with E-state index in [1.54, 1.807) is 37.3 Å². The number of allylic oxidation sites excluding steroid dienone is 3. The molecule has 20 heavy (non-hydrogen) atoms. The number of sulfone groups is 1. The monoisotopic (exact) mass is 306 g/mol. The maximum absolute atomic E-state index is 13.0. The van der Waals surface area contributed by atoms with Gasteiger partial charge in [-0.2, -0.15) is 0 Å². The molecule has 1 heterocycles. The molecule has 104 valence electrons. The van der Waals surface area contributed by atoms with E-state index < -0.39 is 14.6 Å². The second kappa shape index (κ2) is 4.43. The van der Waals surface area contributed by atoms with Crippen molar-refractivity contribution in [2.24, 2.45) is 0 Å². The van der Waals surface area contributed by atoms with E-state index in [2.05, 4.69) is 9.97 Å². The molecule has 2 N–H and O–H groups in total. The van der Waals surface area contributed by atoms with Gasteiger partial charge in [-0.1, -0.05) is 30.4 Å². The molecular formula is C14H14N2O2S2. The highest BCUT2D eigenvalue weighted by Gasteiger charge is 2.39. The third-order valence-electron chi connectivity index (χ3n) is 3.64. The molecule has 0 aliphatic heterocycles. The fourth-order valence-corrected chi connectivity index (χ4v) is 4.39. The van der Waals surface area contributed by atoms with Crippen LogP contribution in [0, 0.1) is 4.77 Å². The SMILES string of the molecule is CC1(S(=O)(=O)c2cccc3[nH]c(=S)[nH]c23)C=CC=CC1. The van der Waals surface area contributed by atoms with Gasteiger partial charge in [-0.25, -0.2) is 8.42 Å². The highest BCUT2D eigenvalue weighted by Crippen LogP contribution is 2.35. The van der Waals surface area contributed by atoms with Gasteiger partial charge in [0.1, 0.15) is 0 Å². The van der Waals surface area contributed by atoms with Crippen LogP contribution in [0.15, 0.2) is 47.4 Å². The minimum atomic E-state index is -3.51. The highest BCUT2D eigenvalue weighted by atomic mass is 32.2. The van der Waals surface area contributed by atoms with Gasteiger partial charge >= 0.3 is 0 Å². The van der Waals surface area contributed by atoms with E-state index in [0.29, 0.717) is 22.2 Å². The Morgan fingerprint density at radius 1 is 1.25 bits per heavy atom. The Bertz CT molecular complexity index is 887. The summed E-state index contributed by atoms with van der Waals surface area (Å²) in [6, 6.07) is 5.15. The molecule has 0 fully saturated rings. The molecule has 1 aliphatic carbocycles.